The molecule has 1 amide bonds. The van der Waals surface area contributed by atoms with Crippen LogP contribution in [0.4, 0.5) is 13.2 Å². The Bertz CT molecular complexity index is 353. The fourth-order valence-corrected chi connectivity index (χ4v) is 0.891. The molecule has 1 aromatic rings. The van der Waals surface area contributed by atoms with Gasteiger partial charge < -0.3 is 4.74 Å². The van der Waals surface area contributed by atoms with Crippen molar-refractivity contribution in [3.63, 3.8) is 0 Å². The van der Waals surface area contributed by atoms with Crippen molar-refractivity contribution in [3.8, 4) is 5.75 Å². The third-order valence-corrected chi connectivity index (χ3v) is 1.48. The quantitative estimate of drug-likeness (QED) is 0.480. The lowest BCUT2D eigenvalue weighted by Gasteiger charge is -2.08. The number of hydrogen-bond acceptors (Lipinski definition) is 3. The van der Waals surface area contributed by atoms with Crippen molar-refractivity contribution >= 4 is 18.3 Å². The Morgan fingerprint density at radius 3 is 2.12 bits per heavy atom. The summed E-state index contributed by atoms with van der Waals surface area (Å²) in [5.74, 6) is 3.85. The van der Waals surface area contributed by atoms with E-state index in [9.17, 15) is 18.0 Å². The molecule has 0 heterocycles. The van der Waals surface area contributed by atoms with Gasteiger partial charge in [0, 0.05) is 5.56 Å². The summed E-state index contributed by atoms with van der Waals surface area (Å²) >= 11 is 0. The fourth-order valence-electron chi connectivity index (χ4n) is 0.891. The van der Waals surface area contributed by atoms with Crippen LogP contribution in [0.1, 0.15) is 10.4 Å². The fraction of sp³-hybridized carbons (Fsp3) is 0.125. The molecule has 0 atom stereocenters. The molecule has 0 aliphatic heterocycles. The highest BCUT2D eigenvalue weighted by Gasteiger charge is 2.30. The Kier molecular flexibility index (Phi) is 5.06. The van der Waals surface area contributed by atoms with Crippen molar-refractivity contribution < 1.29 is 22.7 Å². The number of hydrogen-bond donors (Lipinski definition) is 2. The van der Waals surface area contributed by atoms with Crippen molar-refractivity contribution in [1.29, 1.82) is 0 Å². The zero-order valence-electron chi connectivity index (χ0n) is 7.75. The van der Waals surface area contributed by atoms with Crippen molar-refractivity contribution in [1.82, 2.24) is 5.43 Å². The van der Waals surface area contributed by atoms with Crippen molar-refractivity contribution in [3.05, 3.63) is 29.8 Å². The Morgan fingerprint density at radius 2 is 1.75 bits per heavy atom. The van der Waals surface area contributed by atoms with E-state index in [0.717, 1.165) is 12.1 Å². The van der Waals surface area contributed by atoms with Gasteiger partial charge in [0.1, 0.15) is 5.75 Å². The molecule has 1 aromatic carbocycles. The van der Waals surface area contributed by atoms with Crippen LogP contribution in [0.15, 0.2) is 24.3 Å². The first kappa shape index (κ1) is 14.5. The largest absolute Gasteiger partial charge is 0.573 e. The second-order valence-corrected chi connectivity index (χ2v) is 2.55. The topological polar surface area (TPSA) is 64.3 Å². The SMILES string of the molecule is Cl.NNC(=O)c1ccc(OC(F)(F)F)cc1. The maximum absolute atomic E-state index is 11.7. The lowest BCUT2D eigenvalue weighted by molar-refractivity contribution is -0.274. The van der Waals surface area contributed by atoms with E-state index in [0.29, 0.717) is 0 Å². The van der Waals surface area contributed by atoms with Gasteiger partial charge in [-0.05, 0) is 24.3 Å². The first-order valence-electron chi connectivity index (χ1n) is 3.79. The van der Waals surface area contributed by atoms with Gasteiger partial charge in [-0.25, -0.2) is 5.84 Å². The minimum absolute atomic E-state index is 0. The molecule has 0 aliphatic rings. The summed E-state index contributed by atoms with van der Waals surface area (Å²) in [6.07, 6.45) is -4.74. The first-order chi connectivity index (χ1) is 6.92. The highest BCUT2D eigenvalue weighted by atomic mass is 35.5. The molecule has 1 rings (SSSR count). The number of nitrogen functional groups attached to an aromatic ring is 1. The predicted molar refractivity (Wildman–Crippen MR) is 52.0 cm³/mol. The van der Waals surface area contributed by atoms with E-state index in [4.69, 9.17) is 5.84 Å². The molecule has 0 spiro atoms. The Morgan fingerprint density at radius 1 is 1.25 bits per heavy atom. The molecule has 0 radical (unpaired) electrons. The van der Waals surface area contributed by atoms with E-state index in [1.807, 2.05) is 5.43 Å². The number of hydrazine groups is 1. The van der Waals surface area contributed by atoms with Crippen molar-refractivity contribution in [2.45, 2.75) is 6.36 Å². The third-order valence-electron chi connectivity index (χ3n) is 1.48. The number of benzene rings is 1. The highest BCUT2D eigenvalue weighted by Crippen LogP contribution is 2.22. The molecule has 0 saturated heterocycles. The van der Waals surface area contributed by atoms with Crippen LogP contribution in [0.3, 0.4) is 0 Å². The van der Waals surface area contributed by atoms with E-state index in [-0.39, 0.29) is 18.0 Å². The summed E-state index contributed by atoms with van der Waals surface area (Å²) in [5, 5.41) is 0. The molecule has 8 heteroatoms. The van der Waals surface area contributed by atoms with Gasteiger partial charge in [0.2, 0.25) is 0 Å². The van der Waals surface area contributed by atoms with Gasteiger partial charge in [-0.2, -0.15) is 0 Å². The molecule has 90 valence electrons. The number of amides is 1. The van der Waals surface area contributed by atoms with E-state index < -0.39 is 18.0 Å². The number of carbonyl (C=O) groups is 1. The number of carbonyl (C=O) groups excluding carboxylic acids is 1. The van der Waals surface area contributed by atoms with Crippen LogP contribution < -0.4 is 16.0 Å². The second kappa shape index (κ2) is 5.57. The summed E-state index contributed by atoms with van der Waals surface area (Å²) in [7, 11) is 0. The molecule has 0 unspecified atom stereocenters. The van der Waals surface area contributed by atoms with E-state index in [2.05, 4.69) is 4.74 Å². The van der Waals surface area contributed by atoms with Gasteiger partial charge in [-0.15, -0.1) is 25.6 Å². The Labute approximate surface area is 94.9 Å². The zero-order chi connectivity index (χ0) is 11.5. The van der Waals surface area contributed by atoms with Crippen LogP contribution in [0.2, 0.25) is 0 Å². The normalized spacial score (nSPS) is 10.2. The standard InChI is InChI=1S/C8H7F3N2O2.ClH/c9-8(10,11)15-6-3-1-5(2-4-6)7(14)13-12;/h1-4H,12H2,(H,13,14);1H. The maximum Gasteiger partial charge on any atom is 0.573 e. The summed E-state index contributed by atoms with van der Waals surface area (Å²) in [6, 6.07) is 4.39. The number of halogens is 4. The second-order valence-electron chi connectivity index (χ2n) is 2.55. The minimum atomic E-state index is -4.74. The van der Waals surface area contributed by atoms with Crippen LogP contribution in [0, 0.1) is 0 Å². The highest BCUT2D eigenvalue weighted by molar-refractivity contribution is 5.93. The maximum atomic E-state index is 11.7. The third kappa shape index (κ3) is 4.37. The summed E-state index contributed by atoms with van der Waals surface area (Å²) in [4.78, 5) is 10.9. The number of nitrogens with two attached hydrogens (primary N) is 1. The molecule has 0 fully saturated rings. The van der Waals surface area contributed by atoms with Gasteiger partial charge in [0.15, 0.2) is 0 Å². The molecule has 3 N–H and O–H groups in total. The number of ether oxygens (including phenoxy) is 1. The number of alkyl halides is 3. The van der Waals surface area contributed by atoms with Crippen molar-refractivity contribution in [2.75, 3.05) is 0 Å². The van der Waals surface area contributed by atoms with Crippen LogP contribution in [-0.2, 0) is 0 Å². The minimum Gasteiger partial charge on any atom is -0.406 e. The molecule has 0 bridgehead atoms. The monoisotopic (exact) mass is 256 g/mol. The number of rotatable bonds is 2. The molecular weight excluding hydrogens is 249 g/mol. The Hall–Kier alpha value is -1.47. The van der Waals surface area contributed by atoms with E-state index >= 15 is 0 Å². The molecular formula is C8H8ClF3N2O2. The van der Waals surface area contributed by atoms with Gasteiger partial charge in [-0.3, -0.25) is 10.2 Å². The van der Waals surface area contributed by atoms with Crippen LogP contribution in [0.25, 0.3) is 0 Å². The van der Waals surface area contributed by atoms with E-state index in [1.54, 1.807) is 0 Å². The summed E-state index contributed by atoms with van der Waals surface area (Å²) in [6.45, 7) is 0. The average molecular weight is 257 g/mol. The predicted octanol–water partition coefficient (Wildman–Crippen LogP) is 1.61. The molecule has 4 nitrogen and oxygen atoms in total. The number of nitrogens with one attached hydrogen (secondary N) is 1. The lowest BCUT2D eigenvalue weighted by atomic mass is 10.2. The van der Waals surface area contributed by atoms with Gasteiger partial charge in [-0.1, -0.05) is 0 Å². The zero-order valence-corrected chi connectivity index (χ0v) is 8.56. The molecule has 0 aliphatic carbocycles. The lowest BCUT2D eigenvalue weighted by Crippen LogP contribution is -2.29. The molecule has 16 heavy (non-hydrogen) atoms. The summed E-state index contributed by atoms with van der Waals surface area (Å²) in [5.41, 5.74) is 1.99. The molecule has 0 aromatic heterocycles. The van der Waals surface area contributed by atoms with E-state index in [1.165, 1.54) is 12.1 Å². The summed E-state index contributed by atoms with van der Waals surface area (Å²) < 4.78 is 38.8. The van der Waals surface area contributed by atoms with Gasteiger partial charge >= 0.3 is 6.36 Å². The van der Waals surface area contributed by atoms with Crippen LogP contribution in [-0.4, -0.2) is 12.3 Å². The van der Waals surface area contributed by atoms with Crippen LogP contribution in [0.5, 0.6) is 5.75 Å². The van der Waals surface area contributed by atoms with Crippen molar-refractivity contribution in [2.24, 2.45) is 5.84 Å². The van der Waals surface area contributed by atoms with Crippen LogP contribution >= 0.6 is 12.4 Å². The molecule has 0 saturated carbocycles. The van der Waals surface area contributed by atoms with Gasteiger partial charge in [0.25, 0.3) is 5.91 Å². The first-order valence-corrected chi connectivity index (χ1v) is 3.79. The smallest absolute Gasteiger partial charge is 0.406 e. The average Bonchev–Trinajstić information content (AvgIpc) is 2.15. The van der Waals surface area contributed by atoms with Gasteiger partial charge in [0.05, 0.1) is 0 Å². The Balaban J connectivity index is 0.00000225.